The van der Waals surface area contributed by atoms with Crippen molar-refractivity contribution >= 4 is 11.6 Å². The van der Waals surface area contributed by atoms with Gasteiger partial charge >= 0.3 is 0 Å². The molecule has 0 bridgehead atoms. The van der Waals surface area contributed by atoms with Gasteiger partial charge in [0.2, 0.25) is 0 Å². The molecule has 2 aliphatic heterocycles. The predicted molar refractivity (Wildman–Crippen MR) is 75.0 cm³/mol. The van der Waals surface area contributed by atoms with E-state index in [1.54, 1.807) is 0 Å². The van der Waals surface area contributed by atoms with E-state index in [-0.39, 0.29) is 5.54 Å². The van der Waals surface area contributed by atoms with E-state index >= 15 is 0 Å². The van der Waals surface area contributed by atoms with Gasteiger partial charge in [-0.1, -0.05) is 17.7 Å². The normalized spacial score (nSPS) is 28.1. The SMILES string of the molecule is Cc1ccc(N2C(N)=NCC23CCN(C)C3)cc1. The lowest BCUT2D eigenvalue weighted by atomic mass is 9.96. The number of rotatable bonds is 1. The van der Waals surface area contributed by atoms with Gasteiger partial charge in [-0.15, -0.1) is 0 Å². The molecule has 0 amide bonds. The molecule has 0 aromatic heterocycles. The number of nitrogens with zero attached hydrogens (tertiary/aromatic N) is 3. The Morgan fingerprint density at radius 1 is 1.28 bits per heavy atom. The van der Waals surface area contributed by atoms with E-state index in [2.05, 4.69) is 53.0 Å². The van der Waals surface area contributed by atoms with Crippen LogP contribution < -0.4 is 10.6 Å². The second kappa shape index (κ2) is 3.99. The second-order valence-corrected chi connectivity index (χ2v) is 5.56. The minimum Gasteiger partial charge on any atom is -0.369 e. The summed E-state index contributed by atoms with van der Waals surface area (Å²) in [7, 11) is 2.16. The minimum absolute atomic E-state index is 0.0775. The summed E-state index contributed by atoms with van der Waals surface area (Å²) < 4.78 is 0. The summed E-state index contributed by atoms with van der Waals surface area (Å²) in [6.07, 6.45) is 1.13. The highest BCUT2D eigenvalue weighted by molar-refractivity contribution is 5.98. The third-order valence-corrected chi connectivity index (χ3v) is 4.05. The van der Waals surface area contributed by atoms with E-state index in [1.165, 1.54) is 5.56 Å². The lowest BCUT2D eigenvalue weighted by Gasteiger charge is -2.36. The lowest BCUT2D eigenvalue weighted by molar-refractivity contribution is 0.379. The molecule has 1 saturated heterocycles. The summed E-state index contributed by atoms with van der Waals surface area (Å²) in [6, 6.07) is 8.55. The number of hydrogen-bond acceptors (Lipinski definition) is 4. The summed E-state index contributed by atoms with van der Waals surface area (Å²) in [4.78, 5) is 9.07. The van der Waals surface area contributed by atoms with Gasteiger partial charge in [-0.3, -0.25) is 4.99 Å². The molecule has 1 unspecified atom stereocenters. The van der Waals surface area contributed by atoms with E-state index in [4.69, 9.17) is 5.73 Å². The van der Waals surface area contributed by atoms with Crippen molar-refractivity contribution in [1.82, 2.24) is 4.90 Å². The van der Waals surface area contributed by atoms with Crippen LogP contribution in [0, 0.1) is 6.92 Å². The summed E-state index contributed by atoms with van der Waals surface area (Å²) in [5.74, 6) is 0.661. The van der Waals surface area contributed by atoms with Crippen molar-refractivity contribution in [2.75, 3.05) is 31.6 Å². The Morgan fingerprint density at radius 3 is 2.61 bits per heavy atom. The topological polar surface area (TPSA) is 44.9 Å². The maximum atomic E-state index is 6.11. The van der Waals surface area contributed by atoms with Crippen molar-refractivity contribution in [3.8, 4) is 0 Å². The standard InChI is InChI=1S/C14H20N4/c1-11-3-5-12(6-4-11)18-13(15)16-9-14(18)7-8-17(2)10-14/h3-6H,7-10H2,1-2H3,(H2,15,16). The number of likely N-dealkylation sites (tertiary alicyclic amines) is 1. The van der Waals surface area contributed by atoms with Crippen LogP contribution in [-0.2, 0) is 0 Å². The maximum Gasteiger partial charge on any atom is 0.196 e. The summed E-state index contributed by atoms with van der Waals surface area (Å²) in [6.45, 7) is 5.07. The molecular formula is C14H20N4. The Bertz CT molecular complexity index is 479. The van der Waals surface area contributed by atoms with Crippen molar-refractivity contribution in [2.24, 2.45) is 10.7 Å². The lowest BCUT2D eigenvalue weighted by Crippen LogP contribution is -2.53. The Kier molecular flexibility index (Phi) is 2.55. The van der Waals surface area contributed by atoms with Crippen LogP contribution in [0.1, 0.15) is 12.0 Å². The summed E-state index contributed by atoms with van der Waals surface area (Å²) in [5.41, 5.74) is 8.62. The molecule has 1 aromatic carbocycles. The van der Waals surface area contributed by atoms with Gasteiger partial charge in [0.05, 0.1) is 12.1 Å². The highest BCUT2D eigenvalue weighted by Crippen LogP contribution is 2.35. The number of nitrogens with two attached hydrogens (primary N) is 1. The second-order valence-electron chi connectivity index (χ2n) is 5.56. The fraction of sp³-hybridized carbons (Fsp3) is 0.500. The first-order chi connectivity index (χ1) is 8.61. The average Bonchev–Trinajstić information content (AvgIpc) is 2.86. The molecule has 0 saturated carbocycles. The Morgan fingerprint density at radius 2 is 2.00 bits per heavy atom. The Hall–Kier alpha value is -1.55. The first-order valence-corrected chi connectivity index (χ1v) is 6.46. The molecule has 0 aliphatic carbocycles. The van der Waals surface area contributed by atoms with Crippen molar-refractivity contribution in [3.05, 3.63) is 29.8 Å². The number of benzene rings is 1. The molecule has 4 nitrogen and oxygen atoms in total. The van der Waals surface area contributed by atoms with E-state index in [0.717, 1.165) is 31.7 Å². The van der Waals surface area contributed by atoms with E-state index < -0.39 is 0 Å². The molecule has 1 spiro atoms. The quantitative estimate of drug-likeness (QED) is 0.807. The zero-order valence-corrected chi connectivity index (χ0v) is 11.1. The fourth-order valence-electron chi connectivity index (χ4n) is 3.08. The van der Waals surface area contributed by atoms with Gasteiger partial charge in [0.1, 0.15) is 0 Å². The van der Waals surface area contributed by atoms with E-state index in [9.17, 15) is 0 Å². The van der Waals surface area contributed by atoms with Gasteiger partial charge in [-0.05, 0) is 32.5 Å². The maximum absolute atomic E-state index is 6.11. The summed E-state index contributed by atoms with van der Waals surface area (Å²) >= 11 is 0. The van der Waals surface area contributed by atoms with Crippen molar-refractivity contribution in [2.45, 2.75) is 18.9 Å². The molecule has 1 fully saturated rings. The Balaban J connectivity index is 1.97. The van der Waals surface area contributed by atoms with Crippen LogP contribution in [-0.4, -0.2) is 43.1 Å². The smallest absolute Gasteiger partial charge is 0.196 e. The van der Waals surface area contributed by atoms with Gasteiger partial charge in [-0.25, -0.2) is 0 Å². The molecule has 96 valence electrons. The number of likely N-dealkylation sites (N-methyl/N-ethyl adjacent to an activating group) is 1. The first-order valence-electron chi connectivity index (χ1n) is 6.46. The zero-order valence-electron chi connectivity index (χ0n) is 11.1. The van der Waals surface area contributed by atoms with E-state index in [1.807, 2.05) is 0 Å². The zero-order chi connectivity index (χ0) is 12.8. The molecular weight excluding hydrogens is 224 g/mol. The average molecular weight is 244 g/mol. The highest BCUT2D eigenvalue weighted by atomic mass is 15.4. The number of hydrogen-bond donors (Lipinski definition) is 1. The van der Waals surface area contributed by atoms with Gasteiger partial charge in [0.25, 0.3) is 0 Å². The number of guanidine groups is 1. The van der Waals surface area contributed by atoms with Crippen LogP contribution in [0.2, 0.25) is 0 Å². The van der Waals surface area contributed by atoms with Crippen LogP contribution in [0.4, 0.5) is 5.69 Å². The van der Waals surface area contributed by atoms with Crippen LogP contribution in [0.3, 0.4) is 0 Å². The molecule has 2 heterocycles. The largest absolute Gasteiger partial charge is 0.369 e. The van der Waals surface area contributed by atoms with Crippen molar-refractivity contribution in [3.63, 3.8) is 0 Å². The van der Waals surface area contributed by atoms with Crippen LogP contribution in [0.5, 0.6) is 0 Å². The first kappa shape index (κ1) is 11.5. The Labute approximate surface area is 108 Å². The summed E-state index contributed by atoms with van der Waals surface area (Å²) in [5, 5.41) is 0. The number of anilines is 1. The number of aryl methyl sites for hydroxylation is 1. The van der Waals surface area contributed by atoms with Gasteiger partial charge in [0.15, 0.2) is 5.96 Å². The third kappa shape index (κ3) is 1.68. The molecule has 0 radical (unpaired) electrons. The van der Waals surface area contributed by atoms with Crippen LogP contribution in [0.15, 0.2) is 29.3 Å². The van der Waals surface area contributed by atoms with Crippen molar-refractivity contribution in [1.29, 1.82) is 0 Å². The third-order valence-electron chi connectivity index (χ3n) is 4.05. The van der Waals surface area contributed by atoms with Gasteiger partial charge in [0, 0.05) is 18.8 Å². The highest BCUT2D eigenvalue weighted by Gasteiger charge is 2.46. The monoisotopic (exact) mass is 244 g/mol. The molecule has 2 aliphatic rings. The van der Waals surface area contributed by atoms with Gasteiger partial charge in [-0.2, -0.15) is 0 Å². The number of aliphatic imine (C=N–C) groups is 1. The van der Waals surface area contributed by atoms with Gasteiger partial charge < -0.3 is 15.5 Å². The molecule has 3 rings (SSSR count). The minimum atomic E-state index is 0.0775. The molecule has 18 heavy (non-hydrogen) atoms. The molecule has 1 aromatic rings. The van der Waals surface area contributed by atoms with Crippen LogP contribution in [0.25, 0.3) is 0 Å². The molecule has 4 heteroatoms. The fourth-order valence-corrected chi connectivity index (χ4v) is 3.08. The van der Waals surface area contributed by atoms with Crippen LogP contribution >= 0.6 is 0 Å². The molecule has 1 atom stereocenters. The van der Waals surface area contributed by atoms with Crippen molar-refractivity contribution < 1.29 is 0 Å². The molecule has 2 N–H and O–H groups in total. The predicted octanol–water partition coefficient (Wildman–Crippen LogP) is 1.20. The van der Waals surface area contributed by atoms with E-state index in [0.29, 0.717) is 5.96 Å².